The number of halogens is 3. The van der Waals surface area contributed by atoms with Crippen molar-refractivity contribution in [2.75, 3.05) is 23.0 Å². The Bertz CT molecular complexity index is 1390. The summed E-state index contributed by atoms with van der Waals surface area (Å²) >= 11 is 0. The van der Waals surface area contributed by atoms with Gasteiger partial charge in [-0.3, -0.25) is 4.79 Å². The molecule has 3 aromatic carbocycles. The van der Waals surface area contributed by atoms with E-state index in [-0.39, 0.29) is 16.5 Å². The molecule has 1 aliphatic heterocycles. The summed E-state index contributed by atoms with van der Waals surface area (Å²) in [4.78, 5) is 27.2. The molecule has 7 nitrogen and oxygen atoms in total. The molecule has 1 aliphatic rings. The Kier molecular flexibility index (Phi) is 7.26. The van der Waals surface area contributed by atoms with Gasteiger partial charge in [-0.1, -0.05) is 24.3 Å². The molecule has 37 heavy (non-hydrogen) atoms. The maximum atomic E-state index is 13.1. The highest BCUT2D eigenvalue weighted by atomic mass is 32.2. The number of alkyl halides is 3. The van der Waals surface area contributed by atoms with E-state index in [1.807, 2.05) is 12.1 Å². The number of sulfone groups is 1. The number of urea groups is 1. The van der Waals surface area contributed by atoms with E-state index in [2.05, 4.69) is 10.6 Å². The predicted octanol–water partition coefficient (Wildman–Crippen LogP) is 5.09. The maximum absolute atomic E-state index is 13.1. The van der Waals surface area contributed by atoms with E-state index in [1.165, 1.54) is 0 Å². The number of anilines is 2. The van der Waals surface area contributed by atoms with Gasteiger partial charge in [0.1, 0.15) is 6.04 Å². The van der Waals surface area contributed by atoms with Gasteiger partial charge in [-0.25, -0.2) is 13.2 Å². The highest BCUT2D eigenvalue weighted by Crippen LogP contribution is 2.30. The maximum Gasteiger partial charge on any atom is 0.416 e. The van der Waals surface area contributed by atoms with Crippen LogP contribution in [0.4, 0.5) is 29.3 Å². The molecule has 11 heteroatoms. The Labute approximate surface area is 212 Å². The molecular formula is C26H24F3N3O4S. The molecule has 0 aromatic heterocycles. The van der Waals surface area contributed by atoms with Crippen LogP contribution in [0.15, 0.2) is 77.7 Å². The number of hydrogen-bond donors (Lipinski definition) is 2. The second-order valence-electron chi connectivity index (χ2n) is 8.70. The third kappa shape index (κ3) is 6.29. The SMILES string of the molecule is CS(=O)(=O)c1ccc(-c2ccc(N3CCCC(NC(=O)Nc4ccc(C(F)(F)F)cc4)C3=O)cc2)cc1. The Hall–Kier alpha value is -3.86. The fourth-order valence-corrected chi connectivity index (χ4v) is 4.69. The lowest BCUT2D eigenvalue weighted by atomic mass is 10.0. The molecule has 1 atom stereocenters. The molecule has 194 valence electrons. The van der Waals surface area contributed by atoms with Crippen molar-refractivity contribution in [2.45, 2.75) is 30.0 Å². The Morgan fingerprint density at radius 3 is 2.03 bits per heavy atom. The van der Waals surface area contributed by atoms with E-state index in [1.54, 1.807) is 41.3 Å². The van der Waals surface area contributed by atoms with Gasteiger partial charge in [0, 0.05) is 24.2 Å². The molecule has 3 aromatic rings. The van der Waals surface area contributed by atoms with Crippen molar-refractivity contribution in [3.05, 3.63) is 78.4 Å². The topological polar surface area (TPSA) is 95.6 Å². The van der Waals surface area contributed by atoms with Gasteiger partial charge in [-0.15, -0.1) is 0 Å². The zero-order valence-corrected chi connectivity index (χ0v) is 20.6. The number of piperidine rings is 1. The van der Waals surface area contributed by atoms with Gasteiger partial charge in [0.05, 0.1) is 10.5 Å². The fraction of sp³-hybridized carbons (Fsp3) is 0.231. The standard InChI is InChI=1S/C26H24F3N3O4S/c1-37(35,36)22-14-6-18(7-15-22)17-4-12-21(13-5-17)32-16-2-3-23(24(32)33)31-25(34)30-20-10-8-19(9-11-20)26(27,28)29/h4-15,23H,2-3,16H2,1H3,(H2,30,31,34). The number of amides is 3. The quantitative estimate of drug-likeness (QED) is 0.479. The molecule has 3 amide bonds. The summed E-state index contributed by atoms with van der Waals surface area (Å²) < 4.78 is 61.4. The fourth-order valence-electron chi connectivity index (χ4n) is 4.06. The summed E-state index contributed by atoms with van der Waals surface area (Å²) in [6.45, 7) is 0.472. The first-order chi connectivity index (χ1) is 17.4. The number of benzene rings is 3. The van der Waals surface area contributed by atoms with Gasteiger partial charge in [-0.05, 0) is 72.5 Å². The normalized spacial score (nSPS) is 16.4. The third-order valence-electron chi connectivity index (χ3n) is 6.01. The molecule has 0 spiro atoms. The average Bonchev–Trinajstić information content (AvgIpc) is 2.85. The molecule has 1 unspecified atom stereocenters. The van der Waals surface area contributed by atoms with Gasteiger partial charge < -0.3 is 15.5 Å². The van der Waals surface area contributed by atoms with Crippen LogP contribution in [0.2, 0.25) is 0 Å². The van der Waals surface area contributed by atoms with E-state index in [4.69, 9.17) is 0 Å². The molecule has 0 radical (unpaired) electrons. The molecule has 1 heterocycles. The van der Waals surface area contributed by atoms with E-state index >= 15 is 0 Å². The van der Waals surface area contributed by atoms with E-state index in [0.29, 0.717) is 25.1 Å². The summed E-state index contributed by atoms with van der Waals surface area (Å²) in [5.74, 6) is -0.293. The minimum Gasteiger partial charge on any atom is -0.326 e. The smallest absolute Gasteiger partial charge is 0.326 e. The van der Waals surface area contributed by atoms with Crippen LogP contribution in [0.25, 0.3) is 11.1 Å². The van der Waals surface area contributed by atoms with E-state index in [0.717, 1.165) is 41.6 Å². The molecule has 1 fully saturated rings. The van der Waals surface area contributed by atoms with Crippen LogP contribution in [-0.4, -0.2) is 39.2 Å². The second kappa shape index (κ2) is 10.3. The molecule has 0 aliphatic carbocycles. The van der Waals surface area contributed by atoms with Crippen molar-refractivity contribution in [3.63, 3.8) is 0 Å². The zero-order chi connectivity index (χ0) is 26.8. The van der Waals surface area contributed by atoms with Crippen LogP contribution >= 0.6 is 0 Å². The number of carbonyl (C=O) groups excluding carboxylic acids is 2. The van der Waals surface area contributed by atoms with Crippen molar-refractivity contribution in [3.8, 4) is 11.1 Å². The van der Waals surface area contributed by atoms with Crippen molar-refractivity contribution in [1.29, 1.82) is 0 Å². The summed E-state index contributed by atoms with van der Waals surface area (Å²) in [7, 11) is -3.29. The molecule has 0 bridgehead atoms. The minimum atomic E-state index is -4.47. The number of nitrogens with one attached hydrogen (secondary N) is 2. The summed E-state index contributed by atoms with van der Waals surface area (Å²) in [5.41, 5.74) is 1.66. The van der Waals surface area contributed by atoms with Crippen molar-refractivity contribution in [1.82, 2.24) is 5.32 Å². The lowest BCUT2D eigenvalue weighted by Gasteiger charge is -2.32. The van der Waals surface area contributed by atoms with Gasteiger partial charge in [0.15, 0.2) is 9.84 Å². The first-order valence-corrected chi connectivity index (χ1v) is 13.3. The van der Waals surface area contributed by atoms with Crippen LogP contribution < -0.4 is 15.5 Å². The molecule has 2 N–H and O–H groups in total. The van der Waals surface area contributed by atoms with Crippen molar-refractivity contribution >= 4 is 33.2 Å². The Balaban J connectivity index is 1.39. The number of rotatable bonds is 5. The third-order valence-corrected chi connectivity index (χ3v) is 7.14. The second-order valence-corrected chi connectivity index (χ2v) is 10.7. The average molecular weight is 532 g/mol. The van der Waals surface area contributed by atoms with Gasteiger partial charge >= 0.3 is 12.2 Å². The Morgan fingerprint density at radius 1 is 0.919 bits per heavy atom. The highest BCUT2D eigenvalue weighted by Gasteiger charge is 2.32. The van der Waals surface area contributed by atoms with Gasteiger partial charge in [0.25, 0.3) is 0 Å². The summed E-state index contributed by atoms with van der Waals surface area (Å²) in [6.07, 6.45) is -2.25. The van der Waals surface area contributed by atoms with Gasteiger partial charge in [0.2, 0.25) is 5.91 Å². The van der Waals surface area contributed by atoms with Crippen LogP contribution in [0, 0.1) is 0 Å². The van der Waals surface area contributed by atoms with Crippen molar-refractivity contribution in [2.24, 2.45) is 0 Å². The lowest BCUT2D eigenvalue weighted by Crippen LogP contribution is -2.53. The minimum absolute atomic E-state index is 0.172. The van der Waals surface area contributed by atoms with Crippen LogP contribution in [0.1, 0.15) is 18.4 Å². The largest absolute Gasteiger partial charge is 0.416 e. The van der Waals surface area contributed by atoms with Gasteiger partial charge in [-0.2, -0.15) is 13.2 Å². The van der Waals surface area contributed by atoms with Crippen LogP contribution in [-0.2, 0) is 20.8 Å². The molecule has 0 saturated carbocycles. The summed E-state index contributed by atoms with van der Waals surface area (Å²) in [6, 6.07) is 16.3. The first-order valence-electron chi connectivity index (χ1n) is 11.4. The first kappa shape index (κ1) is 26.2. The van der Waals surface area contributed by atoms with E-state index < -0.39 is 33.6 Å². The van der Waals surface area contributed by atoms with Crippen molar-refractivity contribution < 1.29 is 31.2 Å². The highest BCUT2D eigenvalue weighted by molar-refractivity contribution is 7.90. The molecule has 1 saturated heterocycles. The number of nitrogens with zero attached hydrogens (tertiary/aromatic N) is 1. The summed E-state index contributed by atoms with van der Waals surface area (Å²) in [5, 5.41) is 5.06. The molecule has 4 rings (SSSR count). The van der Waals surface area contributed by atoms with Crippen LogP contribution in [0.3, 0.4) is 0 Å². The predicted molar refractivity (Wildman–Crippen MR) is 134 cm³/mol. The van der Waals surface area contributed by atoms with Crippen LogP contribution in [0.5, 0.6) is 0 Å². The van der Waals surface area contributed by atoms with E-state index in [9.17, 15) is 31.2 Å². The monoisotopic (exact) mass is 531 g/mol. The lowest BCUT2D eigenvalue weighted by molar-refractivity contribution is -0.137. The molecular weight excluding hydrogens is 507 g/mol. The number of carbonyl (C=O) groups is 2. The number of hydrogen-bond acceptors (Lipinski definition) is 4. The zero-order valence-electron chi connectivity index (χ0n) is 19.7. The Morgan fingerprint density at radius 2 is 1.49 bits per heavy atom.